The molecule has 1 aromatic rings. The number of hydrogen-bond acceptors (Lipinski definition) is 3. The largest absolute Gasteiger partial charge is 0.445 e. The van der Waals surface area contributed by atoms with Crippen molar-refractivity contribution < 1.29 is 14.3 Å². The van der Waals surface area contributed by atoms with Gasteiger partial charge in [0.1, 0.15) is 12.6 Å². The monoisotopic (exact) mass is 262 g/mol. The molecular weight excluding hydrogens is 244 g/mol. The van der Waals surface area contributed by atoms with Crippen molar-refractivity contribution in [3.63, 3.8) is 0 Å². The first-order chi connectivity index (χ1) is 9.18. The Balaban J connectivity index is 1.87. The molecule has 2 rings (SSSR count). The number of benzene rings is 1. The average Bonchev–Trinajstić information content (AvgIpc) is 2.45. The summed E-state index contributed by atoms with van der Waals surface area (Å²) in [6, 6.07) is 9.05. The van der Waals surface area contributed by atoms with Gasteiger partial charge in [0.15, 0.2) is 0 Å². The van der Waals surface area contributed by atoms with E-state index >= 15 is 0 Å². The summed E-state index contributed by atoms with van der Waals surface area (Å²) in [5.74, 6) is -0.106. The van der Waals surface area contributed by atoms with E-state index in [1.807, 2.05) is 30.3 Å². The first kappa shape index (κ1) is 13.4. The van der Waals surface area contributed by atoms with Crippen LogP contribution in [0.25, 0.3) is 0 Å². The third kappa shape index (κ3) is 3.47. The number of nitrogens with one attached hydrogen (secondary N) is 1. The SMILES string of the molecule is CN(C(=O)OCc1ccccc1)[C@H]1CCCNC1=O. The number of likely N-dealkylation sites (N-methyl/N-ethyl adjacent to an activating group) is 1. The van der Waals surface area contributed by atoms with E-state index in [9.17, 15) is 9.59 Å². The molecule has 0 bridgehead atoms. The number of rotatable bonds is 3. The van der Waals surface area contributed by atoms with Gasteiger partial charge in [0.25, 0.3) is 0 Å². The molecule has 1 saturated heterocycles. The van der Waals surface area contributed by atoms with Crippen LogP contribution in [0.4, 0.5) is 4.79 Å². The molecular formula is C14H18N2O3. The molecule has 1 aliphatic rings. The Hall–Kier alpha value is -2.04. The molecule has 1 aliphatic heterocycles. The number of carbonyl (C=O) groups excluding carboxylic acids is 2. The van der Waals surface area contributed by atoms with Gasteiger partial charge in [-0.2, -0.15) is 0 Å². The molecule has 1 atom stereocenters. The Morgan fingerprint density at radius 2 is 2.16 bits per heavy atom. The standard InChI is InChI=1S/C14H18N2O3/c1-16(12-8-5-9-15-13(12)17)14(18)19-10-11-6-3-2-4-7-11/h2-4,6-7,12H,5,8-10H2,1H3,(H,15,17)/t12-/m0/s1. The first-order valence-electron chi connectivity index (χ1n) is 6.39. The second-order valence-electron chi connectivity index (χ2n) is 4.60. The third-order valence-electron chi connectivity index (χ3n) is 3.22. The minimum Gasteiger partial charge on any atom is -0.445 e. The lowest BCUT2D eigenvalue weighted by atomic mass is 10.1. The van der Waals surface area contributed by atoms with E-state index in [1.165, 1.54) is 4.90 Å². The zero-order valence-corrected chi connectivity index (χ0v) is 11.0. The summed E-state index contributed by atoms with van der Waals surface area (Å²) in [5.41, 5.74) is 0.928. The Kier molecular flexibility index (Phi) is 4.39. The molecule has 1 fully saturated rings. The van der Waals surface area contributed by atoms with Crippen LogP contribution in [-0.4, -0.2) is 36.5 Å². The molecule has 1 N–H and O–H groups in total. The van der Waals surface area contributed by atoms with E-state index in [-0.39, 0.29) is 12.5 Å². The number of amides is 2. The van der Waals surface area contributed by atoms with E-state index < -0.39 is 12.1 Å². The Morgan fingerprint density at radius 3 is 2.84 bits per heavy atom. The fourth-order valence-corrected chi connectivity index (χ4v) is 2.07. The Bertz CT molecular complexity index is 447. The highest BCUT2D eigenvalue weighted by Crippen LogP contribution is 2.12. The zero-order chi connectivity index (χ0) is 13.7. The first-order valence-corrected chi connectivity index (χ1v) is 6.39. The van der Waals surface area contributed by atoms with Crippen molar-refractivity contribution >= 4 is 12.0 Å². The summed E-state index contributed by atoms with van der Waals surface area (Å²) in [6.45, 7) is 0.903. The van der Waals surface area contributed by atoms with Crippen molar-refractivity contribution in [3.05, 3.63) is 35.9 Å². The molecule has 1 heterocycles. The molecule has 5 nitrogen and oxygen atoms in total. The van der Waals surface area contributed by atoms with Gasteiger partial charge in [0.05, 0.1) is 0 Å². The summed E-state index contributed by atoms with van der Waals surface area (Å²) in [6.07, 6.45) is 1.10. The average molecular weight is 262 g/mol. The fraction of sp³-hybridized carbons (Fsp3) is 0.429. The second kappa shape index (κ2) is 6.22. The van der Waals surface area contributed by atoms with Gasteiger partial charge in [0, 0.05) is 13.6 Å². The molecule has 0 aromatic heterocycles. The second-order valence-corrected chi connectivity index (χ2v) is 4.60. The zero-order valence-electron chi connectivity index (χ0n) is 11.0. The van der Waals surface area contributed by atoms with Crippen molar-refractivity contribution in [3.8, 4) is 0 Å². The maximum atomic E-state index is 11.9. The van der Waals surface area contributed by atoms with Crippen LogP contribution in [0.3, 0.4) is 0 Å². The molecule has 2 amide bonds. The van der Waals surface area contributed by atoms with Crippen LogP contribution in [0.1, 0.15) is 18.4 Å². The van der Waals surface area contributed by atoms with Crippen molar-refractivity contribution in [1.82, 2.24) is 10.2 Å². The smallest absolute Gasteiger partial charge is 0.410 e. The summed E-state index contributed by atoms with van der Waals surface area (Å²) in [4.78, 5) is 24.9. The van der Waals surface area contributed by atoms with Crippen LogP contribution in [0, 0.1) is 0 Å². The van der Waals surface area contributed by atoms with Gasteiger partial charge in [-0.1, -0.05) is 30.3 Å². The van der Waals surface area contributed by atoms with Gasteiger partial charge in [0.2, 0.25) is 5.91 Å². The number of piperidine rings is 1. The molecule has 0 unspecified atom stereocenters. The highest BCUT2D eigenvalue weighted by atomic mass is 16.6. The molecule has 102 valence electrons. The Morgan fingerprint density at radius 1 is 1.42 bits per heavy atom. The highest BCUT2D eigenvalue weighted by molar-refractivity contribution is 5.86. The van der Waals surface area contributed by atoms with E-state index in [2.05, 4.69) is 5.32 Å². The predicted molar refractivity (Wildman–Crippen MR) is 70.4 cm³/mol. The fourth-order valence-electron chi connectivity index (χ4n) is 2.07. The molecule has 19 heavy (non-hydrogen) atoms. The number of carbonyl (C=O) groups is 2. The van der Waals surface area contributed by atoms with Crippen molar-refractivity contribution in [2.75, 3.05) is 13.6 Å². The molecule has 0 aliphatic carbocycles. The van der Waals surface area contributed by atoms with Crippen molar-refractivity contribution in [2.45, 2.75) is 25.5 Å². The maximum absolute atomic E-state index is 11.9. The summed E-state index contributed by atoms with van der Waals surface area (Å²) < 4.78 is 5.20. The quantitative estimate of drug-likeness (QED) is 0.898. The highest BCUT2D eigenvalue weighted by Gasteiger charge is 2.29. The molecule has 0 spiro atoms. The Labute approximate surface area is 112 Å². The van der Waals surface area contributed by atoms with E-state index in [0.29, 0.717) is 13.0 Å². The van der Waals surface area contributed by atoms with Crippen LogP contribution in [-0.2, 0) is 16.1 Å². The van der Waals surface area contributed by atoms with Gasteiger partial charge in [-0.25, -0.2) is 4.79 Å². The van der Waals surface area contributed by atoms with Crippen LogP contribution >= 0.6 is 0 Å². The van der Waals surface area contributed by atoms with E-state index in [1.54, 1.807) is 7.05 Å². The van der Waals surface area contributed by atoms with Crippen molar-refractivity contribution in [2.24, 2.45) is 0 Å². The maximum Gasteiger partial charge on any atom is 0.410 e. The van der Waals surface area contributed by atoms with Crippen LogP contribution in [0.15, 0.2) is 30.3 Å². The number of nitrogens with zero attached hydrogens (tertiary/aromatic N) is 1. The van der Waals surface area contributed by atoms with Crippen LogP contribution in [0.2, 0.25) is 0 Å². The van der Waals surface area contributed by atoms with Gasteiger partial charge in [-0.3, -0.25) is 9.69 Å². The minimum absolute atomic E-state index is 0.106. The summed E-state index contributed by atoms with van der Waals surface area (Å²) in [7, 11) is 1.60. The molecule has 0 radical (unpaired) electrons. The van der Waals surface area contributed by atoms with E-state index in [4.69, 9.17) is 4.74 Å². The van der Waals surface area contributed by atoms with Crippen LogP contribution in [0.5, 0.6) is 0 Å². The lowest BCUT2D eigenvalue weighted by Crippen LogP contribution is -2.51. The molecule has 1 aromatic carbocycles. The third-order valence-corrected chi connectivity index (χ3v) is 3.22. The lowest BCUT2D eigenvalue weighted by molar-refractivity contribution is -0.127. The molecule has 5 heteroatoms. The van der Waals surface area contributed by atoms with Gasteiger partial charge >= 0.3 is 6.09 Å². The number of hydrogen-bond donors (Lipinski definition) is 1. The van der Waals surface area contributed by atoms with Gasteiger partial charge in [-0.15, -0.1) is 0 Å². The normalized spacial score (nSPS) is 18.6. The predicted octanol–water partition coefficient (Wildman–Crippen LogP) is 1.53. The summed E-state index contributed by atoms with van der Waals surface area (Å²) >= 11 is 0. The minimum atomic E-state index is -0.467. The van der Waals surface area contributed by atoms with Gasteiger partial charge < -0.3 is 10.1 Å². The lowest BCUT2D eigenvalue weighted by Gasteiger charge is -2.29. The van der Waals surface area contributed by atoms with Crippen LogP contribution < -0.4 is 5.32 Å². The topological polar surface area (TPSA) is 58.6 Å². The molecule has 0 saturated carbocycles. The number of ether oxygens (including phenoxy) is 1. The summed E-state index contributed by atoms with van der Waals surface area (Å²) in [5, 5.41) is 2.75. The van der Waals surface area contributed by atoms with Gasteiger partial charge in [-0.05, 0) is 18.4 Å². The van der Waals surface area contributed by atoms with E-state index in [0.717, 1.165) is 12.0 Å². The van der Waals surface area contributed by atoms with Crippen molar-refractivity contribution in [1.29, 1.82) is 0 Å².